The second kappa shape index (κ2) is 11.6. The highest BCUT2D eigenvalue weighted by molar-refractivity contribution is 9.10. The van der Waals surface area contributed by atoms with Crippen LogP contribution in [0.2, 0.25) is 0 Å². The zero-order valence-electron chi connectivity index (χ0n) is 18.4. The van der Waals surface area contributed by atoms with Gasteiger partial charge in [-0.3, -0.25) is 9.59 Å². The molecule has 1 N–H and O–H groups in total. The molecule has 0 fully saturated rings. The van der Waals surface area contributed by atoms with Gasteiger partial charge in [-0.15, -0.1) is 11.8 Å². The molecule has 0 spiro atoms. The molecule has 0 aliphatic heterocycles. The summed E-state index contributed by atoms with van der Waals surface area (Å²) in [5.41, 5.74) is 4.66. The average molecular weight is 491 g/mol. The third-order valence-electron chi connectivity index (χ3n) is 4.62. The van der Waals surface area contributed by atoms with Crippen molar-refractivity contribution in [2.45, 2.75) is 59.0 Å². The first-order valence-corrected chi connectivity index (χ1v) is 12.1. The number of nitrogens with zero attached hydrogens (tertiary/aromatic N) is 1. The Balaban J connectivity index is 2.09. The number of hydrogen-bond acceptors (Lipinski definition) is 3. The van der Waals surface area contributed by atoms with Crippen molar-refractivity contribution in [3.8, 4) is 0 Å². The highest BCUT2D eigenvalue weighted by Gasteiger charge is 2.26. The molecule has 2 aromatic carbocycles. The lowest BCUT2D eigenvalue weighted by Crippen LogP contribution is -2.49. The standard InChI is InChI=1S/C24H31BrN2O2S/c1-16(2)26-24(29)19(5)27(13-20-7-6-8-22(25)12-20)23(28)15-30-14-21-10-17(3)9-18(4)11-21/h6-12,16,19H,13-15H2,1-5H3,(H,26,29)/t19-/m0/s1. The van der Waals surface area contributed by atoms with E-state index in [4.69, 9.17) is 0 Å². The van der Waals surface area contributed by atoms with Gasteiger partial charge in [-0.25, -0.2) is 0 Å². The third kappa shape index (κ3) is 7.80. The summed E-state index contributed by atoms with van der Waals surface area (Å²) in [4.78, 5) is 27.4. The van der Waals surface area contributed by atoms with Gasteiger partial charge in [0.2, 0.25) is 11.8 Å². The van der Waals surface area contributed by atoms with E-state index in [9.17, 15) is 9.59 Å². The van der Waals surface area contributed by atoms with Gasteiger partial charge in [-0.05, 0) is 57.9 Å². The normalized spacial score (nSPS) is 12.0. The number of nitrogens with one attached hydrogen (secondary N) is 1. The van der Waals surface area contributed by atoms with Crippen LogP contribution < -0.4 is 5.32 Å². The average Bonchev–Trinajstić information content (AvgIpc) is 2.64. The summed E-state index contributed by atoms with van der Waals surface area (Å²) in [6.07, 6.45) is 0. The molecule has 1 atom stereocenters. The van der Waals surface area contributed by atoms with Gasteiger partial charge in [-0.1, -0.05) is 57.4 Å². The Hall–Kier alpha value is -1.79. The monoisotopic (exact) mass is 490 g/mol. The maximum absolute atomic E-state index is 13.1. The van der Waals surface area contributed by atoms with Crippen molar-refractivity contribution in [3.63, 3.8) is 0 Å². The molecule has 2 rings (SSSR count). The lowest BCUT2D eigenvalue weighted by molar-refractivity contribution is -0.138. The van der Waals surface area contributed by atoms with Gasteiger partial charge in [0.25, 0.3) is 0 Å². The molecule has 0 radical (unpaired) electrons. The smallest absolute Gasteiger partial charge is 0.242 e. The minimum atomic E-state index is -0.541. The zero-order valence-corrected chi connectivity index (χ0v) is 20.8. The van der Waals surface area contributed by atoms with Crippen molar-refractivity contribution in [1.29, 1.82) is 0 Å². The lowest BCUT2D eigenvalue weighted by atomic mass is 10.1. The van der Waals surface area contributed by atoms with Crippen molar-refractivity contribution >= 4 is 39.5 Å². The number of hydrogen-bond donors (Lipinski definition) is 1. The molecule has 4 nitrogen and oxygen atoms in total. The minimum Gasteiger partial charge on any atom is -0.352 e. The number of halogens is 1. The van der Waals surface area contributed by atoms with E-state index < -0.39 is 6.04 Å². The molecular weight excluding hydrogens is 460 g/mol. The SMILES string of the molecule is Cc1cc(C)cc(CSCC(=O)N(Cc2cccc(Br)c2)[C@@H](C)C(=O)NC(C)C)c1. The van der Waals surface area contributed by atoms with Crippen molar-refractivity contribution in [3.05, 3.63) is 69.2 Å². The maximum atomic E-state index is 13.1. The molecule has 0 bridgehead atoms. The molecule has 0 saturated heterocycles. The summed E-state index contributed by atoms with van der Waals surface area (Å²) in [6.45, 7) is 10.2. The maximum Gasteiger partial charge on any atom is 0.242 e. The summed E-state index contributed by atoms with van der Waals surface area (Å²) in [6, 6.07) is 13.8. The molecule has 0 heterocycles. The van der Waals surface area contributed by atoms with Crippen LogP contribution in [0.4, 0.5) is 0 Å². The second-order valence-electron chi connectivity index (χ2n) is 7.98. The topological polar surface area (TPSA) is 49.4 Å². The molecule has 30 heavy (non-hydrogen) atoms. The number of amides is 2. The number of carbonyl (C=O) groups is 2. The molecular formula is C24H31BrN2O2S. The van der Waals surface area contributed by atoms with E-state index in [-0.39, 0.29) is 17.9 Å². The number of rotatable bonds is 9. The summed E-state index contributed by atoms with van der Waals surface area (Å²) in [7, 11) is 0. The first-order chi connectivity index (χ1) is 14.2. The summed E-state index contributed by atoms with van der Waals surface area (Å²) >= 11 is 5.07. The Morgan fingerprint density at radius 1 is 1.03 bits per heavy atom. The van der Waals surface area contributed by atoms with E-state index in [1.165, 1.54) is 16.7 Å². The summed E-state index contributed by atoms with van der Waals surface area (Å²) in [5.74, 6) is 0.940. The van der Waals surface area contributed by atoms with E-state index in [0.717, 1.165) is 15.8 Å². The van der Waals surface area contributed by atoms with Crippen LogP contribution >= 0.6 is 27.7 Å². The van der Waals surface area contributed by atoms with Crippen LogP contribution in [0.5, 0.6) is 0 Å². The Morgan fingerprint density at radius 3 is 2.30 bits per heavy atom. The summed E-state index contributed by atoms with van der Waals surface area (Å²) < 4.78 is 0.955. The largest absolute Gasteiger partial charge is 0.352 e. The van der Waals surface area contributed by atoms with E-state index in [1.54, 1.807) is 23.6 Å². The van der Waals surface area contributed by atoms with Gasteiger partial charge >= 0.3 is 0 Å². The van der Waals surface area contributed by atoms with E-state index in [0.29, 0.717) is 12.3 Å². The molecule has 2 aromatic rings. The number of benzene rings is 2. The van der Waals surface area contributed by atoms with E-state index in [1.807, 2.05) is 38.1 Å². The molecule has 0 saturated carbocycles. The Bertz CT molecular complexity index is 865. The Morgan fingerprint density at radius 2 is 1.70 bits per heavy atom. The van der Waals surface area contributed by atoms with Gasteiger partial charge < -0.3 is 10.2 Å². The van der Waals surface area contributed by atoms with Crippen molar-refractivity contribution in [2.24, 2.45) is 0 Å². The van der Waals surface area contributed by atoms with Crippen molar-refractivity contribution in [1.82, 2.24) is 10.2 Å². The van der Waals surface area contributed by atoms with Crippen molar-refractivity contribution < 1.29 is 9.59 Å². The van der Waals surface area contributed by atoms with Gasteiger partial charge in [0.1, 0.15) is 6.04 Å². The van der Waals surface area contributed by atoms with Gasteiger partial charge in [-0.2, -0.15) is 0 Å². The number of thioether (sulfide) groups is 1. The van der Waals surface area contributed by atoms with Crippen LogP contribution in [0.3, 0.4) is 0 Å². The van der Waals surface area contributed by atoms with Crippen LogP contribution in [0.25, 0.3) is 0 Å². The van der Waals surface area contributed by atoms with Crippen molar-refractivity contribution in [2.75, 3.05) is 5.75 Å². The predicted octanol–water partition coefficient (Wildman–Crippen LogP) is 5.24. The van der Waals surface area contributed by atoms with Gasteiger partial charge in [0.15, 0.2) is 0 Å². The highest BCUT2D eigenvalue weighted by Crippen LogP contribution is 2.19. The second-order valence-corrected chi connectivity index (χ2v) is 9.88. The molecule has 162 valence electrons. The van der Waals surface area contributed by atoms with Crippen LogP contribution in [0.1, 0.15) is 43.0 Å². The van der Waals surface area contributed by atoms with Crippen LogP contribution in [-0.4, -0.2) is 34.6 Å². The lowest BCUT2D eigenvalue weighted by Gasteiger charge is -2.29. The predicted molar refractivity (Wildman–Crippen MR) is 130 cm³/mol. The molecule has 0 aliphatic rings. The first kappa shape index (κ1) is 24.5. The first-order valence-electron chi connectivity index (χ1n) is 10.1. The van der Waals surface area contributed by atoms with Crippen LogP contribution in [0.15, 0.2) is 46.9 Å². The van der Waals surface area contributed by atoms with Gasteiger partial charge in [0.05, 0.1) is 5.75 Å². The fraction of sp³-hybridized carbons (Fsp3) is 0.417. The fourth-order valence-corrected chi connectivity index (χ4v) is 4.60. The summed E-state index contributed by atoms with van der Waals surface area (Å²) in [5, 5.41) is 2.92. The van der Waals surface area contributed by atoms with Crippen LogP contribution in [-0.2, 0) is 21.9 Å². The zero-order chi connectivity index (χ0) is 22.3. The molecule has 0 aliphatic carbocycles. The number of aryl methyl sites for hydroxylation is 2. The van der Waals surface area contributed by atoms with E-state index >= 15 is 0 Å². The Kier molecular flexibility index (Phi) is 9.43. The van der Waals surface area contributed by atoms with Crippen LogP contribution in [0, 0.1) is 13.8 Å². The third-order valence-corrected chi connectivity index (χ3v) is 6.10. The van der Waals surface area contributed by atoms with Gasteiger partial charge in [0, 0.05) is 22.8 Å². The molecule has 0 aromatic heterocycles. The molecule has 6 heteroatoms. The minimum absolute atomic E-state index is 0.0294. The quantitative estimate of drug-likeness (QED) is 0.522. The molecule has 0 unspecified atom stereocenters. The number of carbonyl (C=O) groups excluding carboxylic acids is 2. The van der Waals surface area contributed by atoms with E-state index in [2.05, 4.69) is 53.3 Å². The Labute approximate surface area is 192 Å². The highest BCUT2D eigenvalue weighted by atomic mass is 79.9. The molecule has 2 amide bonds. The fourth-order valence-electron chi connectivity index (χ4n) is 3.31.